The molecular formula is C11H18O. The molecule has 0 rings (SSSR count). The molecule has 1 atom stereocenters. The largest absolute Gasteiger partial charge is 0.302 e. The minimum Gasteiger partial charge on any atom is -0.302 e. The van der Waals surface area contributed by atoms with Gasteiger partial charge >= 0.3 is 0 Å². The molecule has 1 unspecified atom stereocenters. The average molecular weight is 166 g/mol. The van der Waals surface area contributed by atoms with Gasteiger partial charge in [-0.05, 0) is 18.9 Å². The Morgan fingerprint density at radius 1 is 1.50 bits per heavy atom. The second-order valence-electron chi connectivity index (χ2n) is 3.16. The van der Waals surface area contributed by atoms with Gasteiger partial charge in [-0.2, -0.15) is 0 Å². The summed E-state index contributed by atoms with van der Waals surface area (Å²) in [5, 5.41) is 0. The Balaban J connectivity index is 4.34. The van der Waals surface area contributed by atoms with Crippen LogP contribution in [-0.2, 0) is 4.79 Å². The van der Waals surface area contributed by atoms with Crippen molar-refractivity contribution in [1.29, 1.82) is 0 Å². The van der Waals surface area contributed by atoms with Crippen molar-refractivity contribution in [2.24, 2.45) is 5.41 Å². The molecule has 0 aliphatic rings. The Morgan fingerprint density at radius 2 is 2.17 bits per heavy atom. The van der Waals surface area contributed by atoms with Crippen molar-refractivity contribution >= 4 is 6.29 Å². The lowest BCUT2D eigenvalue weighted by Crippen LogP contribution is -2.18. The fourth-order valence-corrected chi connectivity index (χ4v) is 1.24. The first-order valence-corrected chi connectivity index (χ1v) is 4.58. The van der Waals surface area contributed by atoms with Gasteiger partial charge in [0.2, 0.25) is 0 Å². The molecule has 0 spiro atoms. The van der Waals surface area contributed by atoms with Gasteiger partial charge in [-0.25, -0.2) is 0 Å². The Hall–Kier alpha value is -0.810. The second kappa shape index (κ2) is 5.79. The zero-order chi connectivity index (χ0) is 9.45. The highest BCUT2D eigenvalue weighted by molar-refractivity contribution is 5.62. The molecule has 12 heavy (non-hydrogen) atoms. The van der Waals surface area contributed by atoms with Gasteiger partial charge in [0.1, 0.15) is 6.29 Å². The summed E-state index contributed by atoms with van der Waals surface area (Å²) in [5.74, 6) is 0. The number of rotatable bonds is 6. The van der Waals surface area contributed by atoms with Crippen molar-refractivity contribution in [2.45, 2.75) is 39.5 Å². The first-order valence-electron chi connectivity index (χ1n) is 4.58. The van der Waals surface area contributed by atoms with E-state index in [9.17, 15) is 4.79 Å². The topological polar surface area (TPSA) is 17.1 Å². The normalized spacial score (nSPS) is 14.5. The van der Waals surface area contributed by atoms with Crippen LogP contribution in [0.3, 0.4) is 0 Å². The molecule has 0 aromatic carbocycles. The van der Waals surface area contributed by atoms with Crippen LogP contribution in [0.1, 0.15) is 39.5 Å². The SMILES string of the molecule is C=C=CC(C=O)(CC)CCCC. The summed E-state index contributed by atoms with van der Waals surface area (Å²) in [4.78, 5) is 10.9. The summed E-state index contributed by atoms with van der Waals surface area (Å²) in [6.07, 6.45) is 6.81. The Morgan fingerprint density at radius 3 is 2.50 bits per heavy atom. The van der Waals surface area contributed by atoms with Crippen molar-refractivity contribution in [1.82, 2.24) is 0 Å². The number of hydrogen-bond acceptors (Lipinski definition) is 1. The summed E-state index contributed by atoms with van der Waals surface area (Å²) >= 11 is 0. The van der Waals surface area contributed by atoms with Gasteiger partial charge in [-0.1, -0.05) is 33.3 Å². The summed E-state index contributed by atoms with van der Waals surface area (Å²) in [6, 6.07) is 0. The molecule has 0 saturated heterocycles. The van der Waals surface area contributed by atoms with Gasteiger partial charge in [0, 0.05) is 0 Å². The van der Waals surface area contributed by atoms with Crippen LogP contribution in [0.25, 0.3) is 0 Å². The molecule has 1 heteroatoms. The lowest BCUT2D eigenvalue weighted by atomic mass is 9.82. The third-order valence-corrected chi connectivity index (χ3v) is 2.28. The third kappa shape index (κ3) is 3.06. The van der Waals surface area contributed by atoms with Gasteiger partial charge in [0.05, 0.1) is 5.41 Å². The van der Waals surface area contributed by atoms with Crippen molar-refractivity contribution < 1.29 is 4.79 Å². The van der Waals surface area contributed by atoms with Crippen molar-refractivity contribution in [3.05, 3.63) is 18.4 Å². The van der Waals surface area contributed by atoms with E-state index in [0.29, 0.717) is 0 Å². The molecule has 1 nitrogen and oxygen atoms in total. The fourth-order valence-electron chi connectivity index (χ4n) is 1.24. The molecule has 0 heterocycles. The zero-order valence-electron chi connectivity index (χ0n) is 8.10. The maximum Gasteiger partial charge on any atom is 0.130 e. The molecule has 0 amide bonds. The van der Waals surface area contributed by atoms with E-state index in [1.165, 1.54) is 0 Å². The van der Waals surface area contributed by atoms with Gasteiger partial charge in [0.15, 0.2) is 0 Å². The van der Waals surface area contributed by atoms with Crippen molar-refractivity contribution in [3.63, 3.8) is 0 Å². The Labute approximate surface area is 75.2 Å². The highest BCUT2D eigenvalue weighted by Crippen LogP contribution is 2.27. The maximum absolute atomic E-state index is 10.9. The molecule has 0 saturated carbocycles. The van der Waals surface area contributed by atoms with E-state index in [2.05, 4.69) is 19.2 Å². The first-order chi connectivity index (χ1) is 5.74. The number of carbonyl (C=O) groups is 1. The van der Waals surface area contributed by atoms with Crippen LogP contribution in [0.5, 0.6) is 0 Å². The molecule has 0 radical (unpaired) electrons. The quantitative estimate of drug-likeness (QED) is 0.437. The molecule has 0 bridgehead atoms. The van der Waals surface area contributed by atoms with Gasteiger partial charge in [0.25, 0.3) is 0 Å². The standard InChI is InChI=1S/C11H18O/c1-4-7-9-11(6-3,10-12)8-5-2/h8,10H,2,4,6-7,9H2,1,3H3. The van der Waals surface area contributed by atoms with E-state index in [1.54, 1.807) is 6.08 Å². The van der Waals surface area contributed by atoms with E-state index >= 15 is 0 Å². The van der Waals surface area contributed by atoms with Gasteiger partial charge in [-0.15, -0.1) is 5.73 Å². The second-order valence-corrected chi connectivity index (χ2v) is 3.16. The maximum atomic E-state index is 10.9. The molecule has 0 N–H and O–H groups in total. The molecule has 0 aromatic heterocycles. The monoisotopic (exact) mass is 166 g/mol. The predicted octanol–water partition coefficient (Wildman–Crippen LogP) is 3.11. The first kappa shape index (κ1) is 11.2. The van der Waals surface area contributed by atoms with E-state index in [1.807, 2.05) is 6.92 Å². The summed E-state index contributed by atoms with van der Waals surface area (Å²) < 4.78 is 0. The number of unbranched alkanes of at least 4 members (excludes halogenated alkanes) is 1. The number of allylic oxidation sites excluding steroid dienone is 1. The van der Waals surface area contributed by atoms with Gasteiger partial charge < -0.3 is 4.79 Å². The average Bonchev–Trinajstić information content (AvgIpc) is 2.13. The third-order valence-electron chi connectivity index (χ3n) is 2.28. The number of hydrogen-bond donors (Lipinski definition) is 0. The van der Waals surface area contributed by atoms with Crippen molar-refractivity contribution in [3.8, 4) is 0 Å². The minimum atomic E-state index is -0.294. The van der Waals surface area contributed by atoms with Crippen LogP contribution in [0.4, 0.5) is 0 Å². The molecule has 0 aliphatic carbocycles. The highest BCUT2D eigenvalue weighted by atomic mass is 16.1. The minimum absolute atomic E-state index is 0.294. The van der Waals surface area contributed by atoms with E-state index in [0.717, 1.165) is 32.0 Å². The Bertz CT molecular complexity index is 177. The number of carbonyl (C=O) groups excluding carboxylic acids is 1. The van der Waals surface area contributed by atoms with E-state index in [-0.39, 0.29) is 5.41 Å². The van der Waals surface area contributed by atoms with E-state index < -0.39 is 0 Å². The fraction of sp³-hybridized carbons (Fsp3) is 0.636. The zero-order valence-corrected chi connectivity index (χ0v) is 8.10. The predicted molar refractivity (Wildman–Crippen MR) is 52.0 cm³/mol. The molecular weight excluding hydrogens is 148 g/mol. The molecule has 0 fully saturated rings. The van der Waals surface area contributed by atoms with Crippen LogP contribution in [0.2, 0.25) is 0 Å². The number of aldehydes is 1. The summed E-state index contributed by atoms with van der Waals surface area (Å²) in [5.41, 5.74) is 2.42. The van der Waals surface area contributed by atoms with Crippen LogP contribution in [0.15, 0.2) is 18.4 Å². The molecule has 68 valence electrons. The van der Waals surface area contributed by atoms with Crippen LogP contribution in [-0.4, -0.2) is 6.29 Å². The van der Waals surface area contributed by atoms with E-state index in [4.69, 9.17) is 0 Å². The molecule has 0 aliphatic heterocycles. The Kier molecular flexibility index (Phi) is 5.40. The van der Waals surface area contributed by atoms with Crippen LogP contribution >= 0.6 is 0 Å². The summed E-state index contributed by atoms with van der Waals surface area (Å²) in [7, 11) is 0. The summed E-state index contributed by atoms with van der Waals surface area (Å²) in [6.45, 7) is 7.66. The smallest absolute Gasteiger partial charge is 0.130 e. The lowest BCUT2D eigenvalue weighted by Gasteiger charge is -2.20. The van der Waals surface area contributed by atoms with Gasteiger partial charge in [-0.3, -0.25) is 0 Å². The van der Waals surface area contributed by atoms with Crippen molar-refractivity contribution in [2.75, 3.05) is 0 Å². The van der Waals surface area contributed by atoms with Crippen LogP contribution < -0.4 is 0 Å². The lowest BCUT2D eigenvalue weighted by molar-refractivity contribution is -0.114. The molecule has 0 aromatic rings. The highest BCUT2D eigenvalue weighted by Gasteiger charge is 2.22. The van der Waals surface area contributed by atoms with Crippen LogP contribution in [0, 0.1) is 5.41 Å².